The minimum absolute atomic E-state index is 0.418. The summed E-state index contributed by atoms with van der Waals surface area (Å²) in [6, 6.07) is 8.16. The van der Waals surface area contributed by atoms with Crippen LogP contribution in [-0.2, 0) is 18.6 Å². The fraction of sp³-hybridized carbons (Fsp3) is 0.375. The number of aryl methyl sites for hydroxylation is 1. The number of aldehydes is 1. The van der Waals surface area contributed by atoms with Gasteiger partial charge in [-0.25, -0.2) is 4.98 Å². The number of carbonyl (C=O) groups is 1. The lowest BCUT2D eigenvalue weighted by molar-refractivity contribution is 0.0723. The summed E-state index contributed by atoms with van der Waals surface area (Å²) >= 11 is 0. The third kappa shape index (κ3) is 4.75. The summed E-state index contributed by atoms with van der Waals surface area (Å²) in [4.78, 5) is 16.5. The summed E-state index contributed by atoms with van der Waals surface area (Å²) in [5, 5.41) is 24.9. The molecular formula is C24H30N6O2. The van der Waals surface area contributed by atoms with Crippen LogP contribution < -0.4 is 0 Å². The molecule has 0 saturated carbocycles. The van der Waals surface area contributed by atoms with Gasteiger partial charge in [-0.2, -0.15) is 5.21 Å². The first-order chi connectivity index (χ1) is 15.3. The van der Waals surface area contributed by atoms with Crippen LogP contribution in [0.1, 0.15) is 80.0 Å². The van der Waals surface area contributed by atoms with Crippen LogP contribution in [0.15, 0.2) is 36.4 Å². The normalized spacial score (nSPS) is 12.9. The van der Waals surface area contributed by atoms with Crippen LogP contribution in [0.25, 0.3) is 11.1 Å². The number of allylic oxidation sites excluding steroid dienone is 4. The molecule has 1 aromatic carbocycles. The van der Waals surface area contributed by atoms with E-state index in [-0.39, 0.29) is 0 Å². The first-order valence-corrected chi connectivity index (χ1v) is 10.8. The summed E-state index contributed by atoms with van der Waals surface area (Å²) in [6.45, 7) is 9.79. The highest BCUT2D eigenvalue weighted by atomic mass is 16.3. The first-order valence-electron chi connectivity index (χ1n) is 10.8. The molecule has 0 bridgehead atoms. The SMILES string of the molecule is CC=C(/C(=C\C)c1nn[nH]n1)c1ccc(Cn2c(CCC)nc(C(C)(C)O)c2C=O)cc1. The number of H-pyrrole nitrogens is 1. The Kier molecular flexibility index (Phi) is 7.15. The third-order valence-corrected chi connectivity index (χ3v) is 5.31. The number of imidazole rings is 1. The van der Waals surface area contributed by atoms with Crippen molar-refractivity contribution >= 4 is 17.4 Å². The van der Waals surface area contributed by atoms with Crippen LogP contribution in [0.3, 0.4) is 0 Å². The molecule has 0 saturated heterocycles. The lowest BCUT2D eigenvalue weighted by Crippen LogP contribution is -2.19. The number of aliphatic hydroxyl groups is 1. The van der Waals surface area contributed by atoms with Gasteiger partial charge < -0.3 is 9.67 Å². The zero-order valence-corrected chi connectivity index (χ0v) is 19.3. The molecule has 3 aromatic rings. The van der Waals surface area contributed by atoms with E-state index in [1.807, 2.05) is 54.8 Å². The lowest BCUT2D eigenvalue weighted by atomic mass is 9.96. The Morgan fingerprint density at radius 2 is 1.84 bits per heavy atom. The van der Waals surface area contributed by atoms with Crippen molar-refractivity contribution in [2.45, 2.75) is 59.6 Å². The average molecular weight is 435 g/mol. The van der Waals surface area contributed by atoms with Gasteiger partial charge in [0.25, 0.3) is 0 Å². The van der Waals surface area contributed by atoms with Gasteiger partial charge in [-0.1, -0.05) is 43.3 Å². The predicted molar refractivity (Wildman–Crippen MR) is 124 cm³/mol. The lowest BCUT2D eigenvalue weighted by Gasteiger charge is -2.16. The molecule has 3 rings (SSSR count). The molecular weight excluding hydrogens is 404 g/mol. The number of aromatic amines is 1. The summed E-state index contributed by atoms with van der Waals surface area (Å²) in [6.07, 6.45) is 6.40. The number of carbonyl (C=O) groups excluding carboxylic acids is 1. The minimum Gasteiger partial charge on any atom is -0.384 e. The number of tetrazole rings is 1. The van der Waals surface area contributed by atoms with Crippen molar-refractivity contribution in [3.05, 3.63) is 70.6 Å². The van der Waals surface area contributed by atoms with Crippen LogP contribution in [-0.4, -0.2) is 41.6 Å². The number of hydrogen-bond acceptors (Lipinski definition) is 6. The molecule has 0 aliphatic carbocycles. The van der Waals surface area contributed by atoms with Crippen molar-refractivity contribution in [1.82, 2.24) is 30.2 Å². The van der Waals surface area contributed by atoms with E-state index >= 15 is 0 Å². The largest absolute Gasteiger partial charge is 0.384 e. The molecule has 0 spiro atoms. The topological polar surface area (TPSA) is 110 Å². The Hall–Kier alpha value is -3.39. The Bertz CT molecular complexity index is 1120. The second-order valence-corrected chi connectivity index (χ2v) is 8.11. The van der Waals surface area contributed by atoms with Gasteiger partial charge in [-0.15, -0.1) is 10.2 Å². The second-order valence-electron chi connectivity index (χ2n) is 8.11. The van der Waals surface area contributed by atoms with E-state index in [0.29, 0.717) is 23.8 Å². The highest BCUT2D eigenvalue weighted by Crippen LogP contribution is 2.30. The van der Waals surface area contributed by atoms with E-state index < -0.39 is 5.60 Å². The molecule has 8 heteroatoms. The summed E-state index contributed by atoms with van der Waals surface area (Å²) in [5.41, 5.74) is 3.62. The monoisotopic (exact) mass is 434 g/mol. The summed E-state index contributed by atoms with van der Waals surface area (Å²) < 4.78 is 1.91. The molecule has 0 aliphatic rings. The molecule has 8 nitrogen and oxygen atoms in total. The number of aromatic nitrogens is 6. The summed E-state index contributed by atoms with van der Waals surface area (Å²) in [5.74, 6) is 1.35. The molecule has 2 heterocycles. The summed E-state index contributed by atoms with van der Waals surface area (Å²) in [7, 11) is 0. The van der Waals surface area contributed by atoms with Gasteiger partial charge in [0, 0.05) is 18.5 Å². The molecule has 0 aliphatic heterocycles. The number of nitrogens with one attached hydrogen (secondary N) is 1. The van der Waals surface area contributed by atoms with Crippen molar-refractivity contribution < 1.29 is 9.90 Å². The minimum atomic E-state index is -1.19. The molecule has 0 fully saturated rings. The maximum atomic E-state index is 11.9. The van der Waals surface area contributed by atoms with Gasteiger partial charge in [0.15, 0.2) is 6.29 Å². The predicted octanol–water partition coefficient (Wildman–Crippen LogP) is 3.94. The van der Waals surface area contributed by atoms with Crippen molar-refractivity contribution in [3.8, 4) is 0 Å². The molecule has 0 atom stereocenters. The Balaban J connectivity index is 1.94. The highest BCUT2D eigenvalue weighted by molar-refractivity contribution is 6.03. The van der Waals surface area contributed by atoms with Gasteiger partial charge in [-0.05, 0) is 56.0 Å². The van der Waals surface area contributed by atoms with Crippen LogP contribution in [0.4, 0.5) is 0 Å². The van der Waals surface area contributed by atoms with Crippen molar-refractivity contribution in [2.75, 3.05) is 0 Å². The molecule has 0 amide bonds. The van der Waals surface area contributed by atoms with Crippen molar-refractivity contribution in [2.24, 2.45) is 0 Å². The van der Waals surface area contributed by atoms with E-state index in [1.165, 1.54) is 0 Å². The van der Waals surface area contributed by atoms with Crippen LogP contribution in [0.5, 0.6) is 0 Å². The Labute approximate surface area is 188 Å². The van der Waals surface area contributed by atoms with E-state index in [2.05, 4.69) is 32.5 Å². The van der Waals surface area contributed by atoms with Crippen molar-refractivity contribution in [1.29, 1.82) is 0 Å². The first kappa shape index (κ1) is 23.3. The van der Waals surface area contributed by atoms with Crippen LogP contribution in [0, 0.1) is 0 Å². The van der Waals surface area contributed by atoms with Gasteiger partial charge in [0.2, 0.25) is 5.82 Å². The Morgan fingerprint density at radius 1 is 1.16 bits per heavy atom. The van der Waals surface area contributed by atoms with Crippen molar-refractivity contribution in [3.63, 3.8) is 0 Å². The zero-order valence-electron chi connectivity index (χ0n) is 19.3. The highest BCUT2D eigenvalue weighted by Gasteiger charge is 2.27. The van der Waals surface area contributed by atoms with E-state index in [1.54, 1.807) is 13.8 Å². The number of rotatable bonds is 9. The average Bonchev–Trinajstić information content (AvgIpc) is 3.41. The molecule has 0 unspecified atom stereocenters. The van der Waals surface area contributed by atoms with Crippen LogP contribution in [0.2, 0.25) is 0 Å². The van der Waals surface area contributed by atoms with E-state index in [4.69, 9.17) is 0 Å². The van der Waals surface area contributed by atoms with E-state index in [0.717, 1.165) is 47.2 Å². The molecule has 32 heavy (non-hydrogen) atoms. The molecule has 2 N–H and O–H groups in total. The number of nitrogens with zero attached hydrogens (tertiary/aromatic N) is 5. The third-order valence-electron chi connectivity index (χ3n) is 5.31. The molecule has 2 aromatic heterocycles. The second kappa shape index (κ2) is 9.82. The maximum absolute atomic E-state index is 11.9. The maximum Gasteiger partial charge on any atom is 0.204 e. The Morgan fingerprint density at radius 3 is 2.34 bits per heavy atom. The molecule has 168 valence electrons. The van der Waals surface area contributed by atoms with Gasteiger partial charge in [0.05, 0.1) is 0 Å². The zero-order chi connectivity index (χ0) is 23.3. The quantitative estimate of drug-likeness (QED) is 0.390. The van der Waals surface area contributed by atoms with Crippen LogP contribution >= 0.6 is 0 Å². The fourth-order valence-corrected chi connectivity index (χ4v) is 3.81. The standard InChI is InChI=1S/C24H30N6O2/c1-6-9-21-25-22(24(4,5)32)20(15-31)30(21)14-16-10-12-17(13-11-16)18(7-2)19(8-3)23-26-28-29-27-23/h7-8,10-13,15,32H,6,9,14H2,1-5H3,(H,26,27,28,29)/b18-7?,19-8+. The van der Waals surface area contributed by atoms with Gasteiger partial charge in [0.1, 0.15) is 22.8 Å². The number of hydrogen-bond donors (Lipinski definition) is 2. The van der Waals surface area contributed by atoms with Gasteiger partial charge in [-0.3, -0.25) is 4.79 Å². The number of benzene rings is 1. The smallest absolute Gasteiger partial charge is 0.204 e. The van der Waals surface area contributed by atoms with E-state index in [9.17, 15) is 9.90 Å². The molecule has 0 radical (unpaired) electrons. The fourth-order valence-electron chi connectivity index (χ4n) is 3.81. The van der Waals surface area contributed by atoms with Gasteiger partial charge >= 0.3 is 0 Å².